The van der Waals surface area contributed by atoms with Gasteiger partial charge >= 0.3 is 0 Å². The molecule has 0 aliphatic carbocycles. The highest BCUT2D eigenvalue weighted by Gasteiger charge is 2.17. The van der Waals surface area contributed by atoms with Crippen LogP contribution < -0.4 is 4.74 Å². The van der Waals surface area contributed by atoms with Crippen LogP contribution in [0.4, 0.5) is 0 Å². The zero-order valence-electron chi connectivity index (χ0n) is 10.7. The van der Waals surface area contributed by atoms with Gasteiger partial charge in [-0.25, -0.2) is 0 Å². The fourth-order valence-electron chi connectivity index (χ4n) is 2.34. The summed E-state index contributed by atoms with van der Waals surface area (Å²) in [6, 6.07) is 10.9. The second-order valence-corrected chi connectivity index (χ2v) is 5.94. The number of hydrogen-bond acceptors (Lipinski definition) is 2. The van der Waals surface area contributed by atoms with Gasteiger partial charge < -0.3 is 4.74 Å². The second-order valence-electron chi connectivity index (χ2n) is 4.71. The van der Waals surface area contributed by atoms with Crippen molar-refractivity contribution in [1.82, 2.24) is 0 Å². The molecule has 0 aromatic heterocycles. The lowest BCUT2D eigenvalue weighted by atomic mass is 9.98. The first kappa shape index (κ1) is 13.7. The molecule has 0 fully saturated rings. The maximum Gasteiger partial charge on any atom is 0.194 e. The molecular weight excluding hydrogens is 340 g/mol. The van der Waals surface area contributed by atoms with Crippen molar-refractivity contribution in [2.24, 2.45) is 0 Å². The van der Waals surface area contributed by atoms with Gasteiger partial charge in [-0.1, -0.05) is 17.7 Å². The molecule has 0 unspecified atom stereocenters. The molecule has 102 valence electrons. The Morgan fingerprint density at radius 3 is 2.95 bits per heavy atom. The first-order valence-corrected chi connectivity index (χ1v) is 7.58. The van der Waals surface area contributed by atoms with Crippen molar-refractivity contribution >= 4 is 33.3 Å². The molecule has 0 spiro atoms. The van der Waals surface area contributed by atoms with Crippen molar-refractivity contribution in [3.8, 4) is 5.75 Å². The third-order valence-corrected chi connectivity index (χ3v) is 4.66. The third kappa shape index (κ3) is 2.48. The van der Waals surface area contributed by atoms with E-state index in [1.54, 1.807) is 12.1 Å². The number of carbonyl (C=O) groups is 1. The van der Waals surface area contributed by atoms with E-state index in [-0.39, 0.29) is 5.78 Å². The zero-order chi connectivity index (χ0) is 14.1. The molecule has 0 amide bonds. The summed E-state index contributed by atoms with van der Waals surface area (Å²) in [5, 5.41) is 0.450. The summed E-state index contributed by atoms with van der Waals surface area (Å²) in [6.07, 6.45) is 1.94. The minimum atomic E-state index is -0.0651. The molecule has 0 N–H and O–H groups in total. The molecule has 0 saturated carbocycles. The average molecular weight is 352 g/mol. The number of aryl methyl sites for hydroxylation is 1. The van der Waals surface area contributed by atoms with E-state index in [4.69, 9.17) is 16.3 Å². The lowest BCUT2D eigenvalue weighted by molar-refractivity contribution is 0.103. The maximum absolute atomic E-state index is 12.6. The quantitative estimate of drug-likeness (QED) is 0.736. The fraction of sp³-hybridized carbons (Fsp3) is 0.188. The monoisotopic (exact) mass is 350 g/mol. The van der Waals surface area contributed by atoms with Gasteiger partial charge in [-0.05, 0) is 64.7 Å². The zero-order valence-corrected chi connectivity index (χ0v) is 13.0. The first-order valence-electron chi connectivity index (χ1n) is 6.41. The lowest BCUT2D eigenvalue weighted by Gasteiger charge is -2.17. The van der Waals surface area contributed by atoms with E-state index >= 15 is 0 Å². The lowest BCUT2D eigenvalue weighted by Crippen LogP contribution is -2.10. The minimum Gasteiger partial charge on any atom is -0.493 e. The van der Waals surface area contributed by atoms with Crippen LogP contribution >= 0.6 is 27.5 Å². The van der Waals surface area contributed by atoms with Gasteiger partial charge in [0.15, 0.2) is 5.78 Å². The molecule has 2 nitrogen and oxygen atoms in total. The summed E-state index contributed by atoms with van der Waals surface area (Å²) in [5.74, 6) is 0.817. The number of benzene rings is 2. The summed E-state index contributed by atoms with van der Waals surface area (Å²) in [4.78, 5) is 12.6. The van der Waals surface area contributed by atoms with E-state index < -0.39 is 0 Å². The van der Waals surface area contributed by atoms with Gasteiger partial charge in [0.2, 0.25) is 0 Å². The number of carbonyl (C=O) groups excluding carboxylic acids is 1. The van der Waals surface area contributed by atoms with Crippen molar-refractivity contribution in [3.63, 3.8) is 0 Å². The summed E-state index contributed by atoms with van der Waals surface area (Å²) >= 11 is 9.53. The van der Waals surface area contributed by atoms with Crippen LogP contribution in [0.2, 0.25) is 5.02 Å². The molecule has 0 radical (unpaired) electrons. The normalized spacial score (nSPS) is 13.5. The first-order chi connectivity index (χ1) is 9.66. The smallest absolute Gasteiger partial charge is 0.194 e. The highest BCUT2D eigenvalue weighted by molar-refractivity contribution is 9.10. The highest BCUT2D eigenvalue weighted by atomic mass is 79.9. The Bertz CT molecular complexity index is 682. The van der Waals surface area contributed by atoms with Gasteiger partial charge in [0.1, 0.15) is 5.75 Å². The average Bonchev–Trinajstić information content (AvgIpc) is 2.49. The van der Waals surface area contributed by atoms with Gasteiger partial charge in [0.05, 0.1) is 11.6 Å². The Hall–Kier alpha value is -1.32. The van der Waals surface area contributed by atoms with Crippen LogP contribution in [0.5, 0.6) is 5.75 Å². The van der Waals surface area contributed by atoms with Crippen LogP contribution in [0.25, 0.3) is 0 Å². The van der Waals surface area contributed by atoms with Crippen molar-refractivity contribution in [2.45, 2.75) is 12.8 Å². The number of ketones is 1. The third-order valence-electron chi connectivity index (χ3n) is 3.37. The molecule has 2 aromatic carbocycles. The van der Waals surface area contributed by atoms with E-state index in [0.717, 1.165) is 35.2 Å². The van der Waals surface area contributed by atoms with Crippen molar-refractivity contribution in [3.05, 3.63) is 62.6 Å². The van der Waals surface area contributed by atoms with Crippen LogP contribution in [-0.2, 0) is 6.42 Å². The molecule has 20 heavy (non-hydrogen) atoms. The summed E-state index contributed by atoms with van der Waals surface area (Å²) in [7, 11) is 0. The van der Waals surface area contributed by atoms with Crippen molar-refractivity contribution in [1.29, 1.82) is 0 Å². The molecule has 0 bridgehead atoms. The second kappa shape index (κ2) is 5.58. The molecule has 0 atom stereocenters. The predicted octanol–water partition coefficient (Wildman–Crippen LogP) is 4.66. The number of fused-ring (bicyclic) bond motifs is 1. The Morgan fingerprint density at radius 2 is 2.10 bits per heavy atom. The maximum atomic E-state index is 12.6. The van der Waals surface area contributed by atoms with E-state index in [1.165, 1.54) is 0 Å². The van der Waals surface area contributed by atoms with Crippen molar-refractivity contribution in [2.75, 3.05) is 6.61 Å². The minimum absolute atomic E-state index is 0.0651. The van der Waals surface area contributed by atoms with Crippen LogP contribution in [0.1, 0.15) is 27.9 Å². The van der Waals surface area contributed by atoms with Gasteiger partial charge in [-0.3, -0.25) is 4.79 Å². The van der Waals surface area contributed by atoms with E-state index in [2.05, 4.69) is 15.9 Å². The summed E-state index contributed by atoms with van der Waals surface area (Å²) < 4.78 is 6.29. The Morgan fingerprint density at radius 1 is 1.25 bits per heavy atom. The Balaban J connectivity index is 2.00. The Labute approximate surface area is 130 Å². The van der Waals surface area contributed by atoms with Gasteiger partial charge in [-0.2, -0.15) is 0 Å². The van der Waals surface area contributed by atoms with Gasteiger partial charge in [-0.15, -0.1) is 0 Å². The largest absolute Gasteiger partial charge is 0.493 e. The summed E-state index contributed by atoms with van der Waals surface area (Å²) in [6.45, 7) is 0.748. The van der Waals surface area contributed by atoms with Gasteiger partial charge in [0, 0.05) is 15.6 Å². The van der Waals surface area contributed by atoms with Crippen LogP contribution in [0, 0.1) is 0 Å². The molecule has 1 aliphatic rings. The highest BCUT2D eigenvalue weighted by Crippen LogP contribution is 2.30. The Kier molecular flexibility index (Phi) is 3.81. The van der Waals surface area contributed by atoms with Crippen LogP contribution in [0.3, 0.4) is 0 Å². The standard InChI is InChI=1S/C16H12BrClO2/c17-13-5-1-4-12(15(13)18)16(19)11-6-7-14-10(9-11)3-2-8-20-14/h1,4-7,9H,2-3,8H2. The molecule has 1 heterocycles. The molecule has 2 aromatic rings. The molecule has 4 heteroatoms. The number of ether oxygens (including phenoxy) is 1. The number of rotatable bonds is 2. The van der Waals surface area contributed by atoms with Crippen molar-refractivity contribution < 1.29 is 9.53 Å². The SMILES string of the molecule is O=C(c1ccc2c(c1)CCCO2)c1cccc(Br)c1Cl. The molecular formula is C16H12BrClO2. The molecule has 3 rings (SSSR count). The topological polar surface area (TPSA) is 26.3 Å². The summed E-state index contributed by atoms with van der Waals surface area (Å²) in [5.41, 5.74) is 2.25. The van der Waals surface area contributed by atoms with E-state index in [9.17, 15) is 4.79 Å². The number of halogens is 2. The fourth-order valence-corrected chi connectivity index (χ4v) is 2.91. The molecule has 1 aliphatic heterocycles. The van der Waals surface area contributed by atoms with E-state index in [0.29, 0.717) is 16.1 Å². The number of hydrogen-bond donors (Lipinski definition) is 0. The van der Waals surface area contributed by atoms with Crippen LogP contribution in [-0.4, -0.2) is 12.4 Å². The van der Waals surface area contributed by atoms with Crippen LogP contribution in [0.15, 0.2) is 40.9 Å². The molecule has 0 saturated heterocycles. The van der Waals surface area contributed by atoms with E-state index in [1.807, 2.05) is 24.3 Å². The predicted molar refractivity (Wildman–Crippen MR) is 82.8 cm³/mol. The van der Waals surface area contributed by atoms with Gasteiger partial charge in [0.25, 0.3) is 0 Å².